The van der Waals surface area contributed by atoms with E-state index in [0.717, 1.165) is 0 Å². The Morgan fingerprint density at radius 1 is 1.10 bits per heavy atom. The van der Waals surface area contributed by atoms with Crippen molar-refractivity contribution in [1.29, 1.82) is 0 Å². The predicted molar refractivity (Wildman–Crippen MR) is 65.7 cm³/mol. The highest BCUT2D eigenvalue weighted by molar-refractivity contribution is 4.96. The Bertz CT molecular complexity index is 332. The van der Waals surface area contributed by atoms with Gasteiger partial charge in [-0.25, -0.2) is 0 Å². The normalized spacial score (nSPS) is 15.4. The third kappa shape index (κ3) is 5.86. The third-order valence-corrected chi connectivity index (χ3v) is 2.76. The van der Waals surface area contributed by atoms with E-state index < -0.39 is 30.5 Å². The van der Waals surface area contributed by atoms with Gasteiger partial charge in [-0.15, -0.1) is 0 Å². The molecule has 21 heavy (non-hydrogen) atoms. The predicted octanol–water partition coefficient (Wildman–Crippen LogP) is 4.24. The van der Waals surface area contributed by atoms with Gasteiger partial charge in [0.15, 0.2) is 0 Å². The summed E-state index contributed by atoms with van der Waals surface area (Å²) >= 11 is 0. The number of aliphatic hydroxyl groups is 1. The van der Waals surface area contributed by atoms with E-state index in [4.69, 9.17) is 4.74 Å². The first-order valence-electron chi connectivity index (χ1n) is 6.32. The Labute approximate surface area is 119 Å². The lowest BCUT2D eigenvalue weighted by molar-refractivity contribution is -0.374. The molecule has 0 radical (unpaired) electrons. The minimum atomic E-state index is -5.83. The molecule has 0 aliphatic heterocycles. The summed E-state index contributed by atoms with van der Waals surface area (Å²) < 4.78 is 81.0. The summed E-state index contributed by atoms with van der Waals surface area (Å²) in [6.45, 7) is 8.11. The standard InChI is InChI=1S/C13H20F6O2/c1-8(2)5-10(21-7-9(3)4)6-11(20,12(14,15)16)13(17,18)19/h8,10,20H,3,5-7H2,1-2,4H3. The highest BCUT2D eigenvalue weighted by Gasteiger charge is 2.70. The maximum absolute atomic E-state index is 12.7. The molecule has 0 aliphatic carbocycles. The fraction of sp³-hybridized carbons (Fsp3) is 0.846. The molecule has 0 aromatic carbocycles. The van der Waals surface area contributed by atoms with Crippen LogP contribution in [0.4, 0.5) is 26.3 Å². The molecule has 0 bridgehead atoms. The fourth-order valence-electron chi connectivity index (χ4n) is 1.72. The van der Waals surface area contributed by atoms with Gasteiger partial charge in [-0.2, -0.15) is 26.3 Å². The third-order valence-electron chi connectivity index (χ3n) is 2.76. The molecule has 0 saturated carbocycles. The summed E-state index contributed by atoms with van der Waals surface area (Å²) in [6, 6.07) is 0. The smallest absolute Gasteiger partial charge is 0.374 e. The molecule has 8 heteroatoms. The molecule has 0 spiro atoms. The summed E-state index contributed by atoms with van der Waals surface area (Å²) in [5, 5.41) is 9.18. The van der Waals surface area contributed by atoms with Gasteiger partial charge in [-0.1, -0.05) is 26.0 Å². The number of rotatable bonds is 7. The summed E-state index contributed by atoms with van der Waals surface area (Å²) in [5.74, 6) is -0.189. The van der Waals surface area contributed by atoms with Crippen LogP contribution in [0.25, 0.3) is 0 Å². The molecule has 0 heterocycles. The van der Waals surface area contributed by atoms with Gasteiger partial charge in [0.2, 0.25) is 0 Å². The lowest BCUT2D eigenvalue weighted by Gasteiger charge is -2.35. The van der Waals surface area contributed by atoms with Crippen LogP contribution < -0.4 is 0 Å². The van der Waals surface area contributed by atoms with Gasteiger partial charge in [0.25, 0.3) is 5.60 Å². The van der Waals surface area contributed by atoms with Crippen LogP contribution in [-0.4, -0.2) is 35.8 Å². The quantitative estimate of drug-likeness (QED) is 0.561. The number of alkyl halides is 6. The van der Waals surface area contributed by atoms with Crippen molar-refractivity contribution in [3.8, 4) is 0 Å². The molecule has 1 N–H and O–H groups in total. The van der Waals surface area contributed by atoms with Crippen molar-refractivity contribution < 1.29 is 36.2 Å². The lowest BCUT2D eigenvalue weighted by Crippen LogP contribution is -2.58. The molecule has 0 aromatic rings. The van der Waals surface area contributed by atoms with E-state index >= 15 is 0 Å². The lowest BCUT2D eigenvalue weighted by atomic mass is 9.90. The van der Waals surface area contributed by atoms with Crippen molar-refractivity contribution in [3.05, 3.63) is 12.2 Å². The maximum atomic E-state index is 12.7. The molecule has 1 unspecified atom stereocenters. The Balaban J connectivity index is 5.26. The van der Waals surface area contributed by atoms with Crippen LogP contribution in [0.2, 0.25) is 0 Å². The number of hydrogen-bond acceptors (Lipinski definition) is 2. The second kappa shape index (κ2) is 7.00. The SMILES string of the molecule is C=C(C)COC(CC(C)C)CC(O)(C(F)(F)F)C(F)(F)F. The second-order valence-corrected chi connectivity index (χ2v) is 5.58. The van der Waals surface area contributed by atoms with Gasteiger partial charge < -0.3 is 9.84 Å². The van der Waals surface area contributed by atoms with Crippen molar-refractivity contribution in [2.75, 3.05) is 6.61 Å². The van der Waals surface area contributed by atoms with Crippen LogP contribution in [0.3, 0.4) is 0 Å². The number of halogens is 6. The van der Waals surface area contributed by atoms with Crippen molar-refractivity contribution in [3.63, 3.8) is 0 Å². The molecule has 0 aromatic heterocycles. The average Bonchev–Trinajstić information content (AvgIpc) is 2.21. The first-order valence-corrected chi connectivity index (χ1v) is 6.32. The first-order chi connectivity index (χ1) is 9.20. The van der Waals surface area contributed by atoms with Gasteiger partial charge in [-0.05, 0) is 19.3 Å². The van der Waals surface area contributed by atoms with Gasteiger partial charge in [0.05, 0.1) is 12.7 Å². The van der Waals surface area contributed by atoms with Crippen molar-refractivity contribution in [1.82, 2.24) is 0 Å². The van der Waals surface area contributed by atoms with Crippen molar-refractivity contribution >= 4 is 0 Å². The Hall–Kier alpha value is -0.760. The highest BCUT2D eigenvalue weighted by Crippen LogP contribution is 2.46. The van der Waals surface area contributed by atoms with E-state index in [-0.39, 0.29) is 18.9 Å². The largest absolute Gasteiger partial charge is 0.426 e. The second-order valence-electron chi connectivity index (χ2n) is 5.58. The van der Waals surface area contributed by atoms with Crippen LogP contribution >= 0.6 is 0 Å². The van der Waals surface area contributed by atoms with E-state index in [0.29, 0.717) is 5.57 Å². The molecular formula is C13H20F6O2. The number of ether oxygens (including phenoxy) is 1. The highest BCUT2D eigenvalue weighted by atomic mass is 19.4. The molecule has 126 valence electrons. The molecule has 1 atom stereocenters. The molecule has 0 aliphatic rings. The van der Waals surface area contributed by atoms with Crippen molar-refractivity contribution in [2.45, 2.75) is 57.7 Å². The Morgan fingerprint density at radius 2 is 1.52 bits per heavy atom. The molecule has 0 amide bonds. The Kier molecular flexibility index (Phi) is 6.75. The maximum Gasteiger partial charge on any atom is 0.426 e. The van der Waals surface area contributed by atoms with Gasteiger partial charge in [0, 0.05) is 6.42 Å². The van der Waals surface area contributed by atoms with E-state index in [9.17, 15) is 31.4 Å². The van der Waals surface area contributed by atoms with Crippen LogP contribution in [-0.2, 0) is 4.74 Å². The van der Waals surface area contributed by atoms with Crippen LogP contribution in [0.1, 0.15) is 33.6 Å². The zero-order chi connectivity index (χ0) is 17.1. The summed E-state index contributed by atoms with van der Waals surface area (Å²) in [7, 11) is 0. The molecule has 0 rings (SSSR count). The summed E-state index contributed by atoms with van der Waals surface area (Å²) in [4.78, 5) is 0. The fourth-order valence-corrected chi connectivity index (χ4v) is 1.72. The van der Waals surface area contributed by atoms with E-state index in [1.807, 2.05) is 0 Å². The molecule has 2 nitrogen and oxygen atoms in total. The van der Waals surface area contributed by atoms with E-state index in [1.54, 1.807) is 13.8 Å². The van der Waals surface area contributed by atoms with Gasteiger partial charge in [0.1, 0.15) is 0 Å². The van der Waals surface area contributed by atoms with Gasteiger partial charge >= 0.3 is 12.4 Å². The molecule has 0 saturated heterocycles. The van der Waals surface area contributed by atoms with E-state index in [1.165, 1.54) is 6.92 Å². The van der Waals surface area contributed by atoms with Crippen LogP contribution in [0.5, 0.6) is 0 Å². The van der Waals surface area contributed by atoms with Crippen LogP contribution in [0, 0.1) is 5.92 Å². The monoisotopic (exact) mass is 322 g/mol. The topological polar surface area (TPSA) is 29.5 Å². The molecular weight excluding hydrogens is 302 g/mol. The number of hydrogen-bond donors (Lipinski definition) is 1. The zero-order valence-corrected chi connectivity index (χ0v) is 12.1. The van der Waals surface area contributed by atoms with Gasteiger partial charge in [-0.3, -0.25) is 0 Å². The van der Waals surface area contributed by atoms with E-state index in [2.05, 4.69) is 6.58 Å². The van der Waals surface area contributed by atoms with Crippen LogP contribution in [0.15, 0.2) is 12.2 Å². The first kappa shape index (κ1) is 20.2. The zero-order valence-electron chi connectivity index (χ0n) is 12.1. The Morgan fingerprint density at radius 3 is 1.81 bits per heavy atom. The average molecular weight is 322 g/mol. The summed E-state index contributed by atoms with van der Waals surface area (Å²) in [6.07, 6.45) is -14.7. The minimum Gasteiger partial charge on any atom is -0.374 e. The molecule has 0 fully saturated rings. The minimum absolute atomic E-state index is 0.0399. The summed E-state index contributed by atoms with van der Waals surface area (Å²) in [5.41, 5.74) is -4.32. The van der Waals surface area contributed by atoms with Crippen molar-refractivity contribution in [2.24, 2.45) is 5.92 Å².